The number of rotatable bonds is 0. The summed E-state index contributed by atoms with van der Waals surface area (Å²) in [5.74, 6) is 0. The molecule has 70 valence electrons. The van der Waals surface area contributed by atoms with Crippen LogP contribution in [0.5, 0.6) is 0 Å². The molecule has 5 nitrogen and oxygen atoms in total. The molecule has 0 aliphatic carbocycles. The van der Waals surface area contributed by atoms with E-state index in [-0.39, 0.29) is 6.04 Å². The smallest absolute Gasteiger partial charge is 0.145 e. The normalized spacial score (nSPS) is 59.0. The summed E-state index contributed by atoms with van der Waals surface area (Å²) in [5.41, 5.74) is -1.40. The van der Waals surface area contributed by atoms with E-state index in [0.717, 1.165) is 0 Å². The van der Waals surface area contributed by atoms with E-state index < -0.39 is 24.0 Å². The van der Waals surface area contributed by atoms with Crippen LogP contribution < -0.4 is 5.32 Å². The van der Waals surface area contributed by atoms with E-state index in [2.05, 4.69) is 5.32 Å². The first-order valence-corrected chi connectivity index (χ1v) is 4.09. The van der Waals surface area contributed by atoms with Gasteiger partial charge in [-0.2, -0.15) is 0 Å². The molecular weight excluding hydrogens is 162 g/mol. The largest absolute Gasteiger partial charge is 0.389 e. The average Bonchev–Trinajstić information content (AvgIpc) is 2.41. The Balaban J connectivity index is 2.25. The van der Waals surface area contributed by atoms with Crippen LogP contribution in [-0.2, 0) is 0 Å². The summed E-state index contributed by atoms with van der Waals surface area (Å²) in [5, 5.41) is 40.4. The Kier molecular flexibility index (Phi) is 1.68. The Bertz CT molecular complexity index is 200. The molecule has 12 heavy (non-hydrogen) atoms. The minimum atomic E-state index is -1.40. The highest BCUT2D eigenvalue weighted by atomic mass is 16.4. The van der Waals surface area contributed by atoms with Crippen LogP contribution in [0.2, 0.25) is 0 Å². The van der Waals surface area contributed by atoms with E-state index in [1.165, 1.54) is 0 Å². The Morgan fingerprint density at radius 3 is 2.50 bits per heavy atom. The van der Waals surface area contributed by atoms with Gasteiger partial charge in [-0.15, -0.1) is 0 Å². The van der Waals surface area contributed by atoms with Gasteiger partial charge in [0.1, 0.15) is 17.9 Å². The van der Waals surface area contributed by atoms with Crippen molar-refractivity contribution in [2.24, 2.45) is 0 Å². The van der Waals surface area contributed by atoms with Crippen LogP contribution in [0.25, 0.3) is 0 Å². The van der Waals surface area contributed by atoms with E-state index >= 15 is 0 Å². The second kappa shape index (κ2) is 2.40. The summed E-state index contributed by atoms with van der Waals surface area (Å²) in [6.07, 6.45) is -2.59. The molecule has 0 unspecified atom stereocenters. The van der Waals surface area contributed by atoms with Gasteiger partial charge in [0.15, 0.2) is 0 Å². The van der Waals surface area contributed by atoms with E-state index in [9.17, 15) is 20.4 Å². The van der Waals surface area contributed by atoms with Crippen molar-refractivity contribution in [3.63, 3.8) is 0 Å². The molecule has 2 fully saturated rings. The van der Waals surface area contributed by atoms with Gasteiger partial charge < -0.3 is 20.4 Å². The van der Waals surface area contributed by atoms with Crippen LogP contribution in [0.1, 0.15) is 12.8 Å². The van der Waals surface area contributed by atoms with Crippen LogP contribution >= 0.6 is 0 Å². The van der Waals surface area contributed by atoms with Crippen LogP contribution in [0.15, 0.2) is 0 Å². The number of aliphatic hydroxyl groups is 4. The van der Waals surface area contributed by atoms with E-state index in [4.69, 9.17) is 0 Å². The zero-order valence-electron chi connectivity index (χ0n) is 6.51. The second-order valence-corrected chi connectivity index (χ2v) is 3.64. The lowest BCUT2D eigenvalue weighted by molar-refractivity contribution is -0.186. The molecule has 5 heteroatoms. The molecule has 0 aromatic carbocycles. The van der Waals surface area contributed by atoms with Gasteiger partial charge in [0, 0.05) is 6.04 Å². The number of fused-ring (bicyclic) bond motifs is 2. The maximum Gasteiger partial charge on any atom is 0.145 e. The summed E-state index contributed by atoms with van der Waals surface area (Å²) in [4.78, 5) is 0. The molecule has 0 aromatic heterocycles. The van der Waals surface area contributed by atoms with Crippen LogP contribution in [0, 0.1) is 0 Å². The quantitative estimate of drug-likeness (QED) is 0.281. The van der Waals surface area contributed by atoms with Gasteiger partial charge in [-0.3, -0.25) is 5.32 Å². The molecule has 2 heterocycles. The first-order chi connectivity index (χ1) is 5.54. The molecule has 5 N–H and O–H groups in total. The second-order valence-electron chi connectivity index (χ2n) is 3.64. The summed E-state index contributed by atoms with van der Waals surface area (Å²) in [6, 6.07) is -0.298. The fourth-order valence-corrected chi connectivity index (χ4v) is 2.04. The lowest BCUT2D eigenvalue weighted by Crippen LogP contribution is -2.67. The minimum Gasteiger partial charge on any atom is -0.389 e. The topological polar surface area (TPSA) is 93.0 Å². The van der Waals surface area contributed by atoms with Crippen molar-refractivity contribution in [2.45, 2.75) is 42.9 Å². The highest BCUT2D eigenvalue weighted by Crippen LogP contribution is 2.34. The zero-order chi connectivity index (χ0) is 8.93. The Labute approximate surface area is 69.6 Å². The molecule has 2 saturated heterocycles. The number of hydrogen-bond donors (Lipinski definition) is 5. The highest BCUT2D eigenvalue weighted by molar-refractivity contribution is 5.07. The lowest BCUT2D eigenvalue weighted by Gasteiger charge is -2.40. The molecule has 2 bridgehead atoms. The van der Waals surface area contributed by atoms with Gasteiger partial charge in [-0.1, -0.05) is 0 Å². The summed E-state index contributed by atoms with van der Waals surface area (Å²) in [7, 11) is 0. The Morgan fingerprint density at radius 1 is 1.17 bits per heavy atom. The zero-order valence-corrected chi connectivity index (χ0v) is 6.51. The summed E-state index contributed by atoms with van der Waals surface area (Å²) >= 11 is 0. The van der Waals surface area contributed by atoms with Crippen molar-refractivity contribution in [3.05, 3.63) is 0 Å². The molecule has 0 saturated carbocycles. The third kappa shape index (κ3) is 0.915. The molecule has 0 aromatic rings. The van der Waals surface area contributed by atoms with Gasteiger partial charge in [0.25, 0.3) is 0 Å². The SMILES string of the molecule is O[C@@H]1[C@@H](O)[C@H](O)[C@]2(O)CC[C@@H]1N2. The van der Waals surface area contributed by atoms with Crippen molar-refractivity contribution < 1.29 is 20.4 Å². The molecular formula is C7H13NO4. The average molecular weight is 175 g/mol. The first-order valence-electron chi connectivity index (χ1n) is 4.09. The molecule has 2 aliphatic rings. The van der Waals surface area contributed by atoms with Crippen molar-refractivity contribution in [1.82, 2.24) is 5.32 Å². The van der Waals surface area contributed by atoms with Gasteiger partial charge in [-0.05, 0) is 12.8 Å². The van der Waals surface area contributed by atoms with Crippen molar-refractivity contribution in [1.29, 1.82) is 0 Å². The number of piperidine rings is 1. The summed E-state index contributed by atoms with van der Waals surface area (Å²) in [6.45, 7) is 0. The van der Waals surface area contributed by atoms with E-state index in [1.807, 2.05) is 0 Å². The monoisotopic (exact) mass is 175 g/mol. The molecule has 0 amide bonds. The molecule has 2 rings (SSSR count). The molecule has 0 spiro atoms. The van der Waals surface area contributed by atoms with Crippen molar-refractivity contribution in [2.75, 3.05) is 0 Å². The minimum absolute atomic E-state index is 0.298. The number of aliphatic hydroxyl groups excluding tert-OH is 3. The van der Waals surface area contributed by atoms with Crippen LogP contribution in [0.3, 0.4) is 0 Å². The standard InChI is InChI=1S/C7H13NO4/c9-4-3-1-2-7(12,8-3)6(11)5(4)10/h3-6,8-12H,1-2H2/t3-,4-,5+,6-,7+/m0/s1. The maximum atomic E-state index is 9.65. The van der Waals surface area contributed by atoms with Crippen molar-refractivity contribution >= 4 is 0 Å². The predicted molar refractivity (Wildman–Crippen MR) is 39.1 cm³/mol. The molecule has 5 atom stereocenters. The van der Waals surface area contributed by atoms with Gasteiger partial charge in [0.05, 0.1) is 6.10 Å². The predicted octanol–water partition coefficient (Wildman–Crippen LogP) is -2.48. The van der Waals surface area contributed by atoms with Gasteiger partial charge in [0.2, 0.25) is 0 Å². The van der Waals surface area contributed by atoms with E-state index in [0.29, 0.717) is 12.8 Å². The Morgan fingerprint density at radius 2 is 1.83 bits per heavy atom. The fourth-order valence-electron chi connectivity index (χ4n) is 2.04. The van der Waals surface area contributed by atoms with Gasteiger partial charge >= 0.3 is 0 Å². The maximum absolute atomic E-state index is 9.65. The van der Waals surface area contributed by atoms with Crippen LogP contribution in [-0.4, -0.2) is 50.5 Å². The van der Waals surface area contributed by atoms with Gasteiger partial charge in [-0.25, -0.2) is 0 Å². The lowest BCUT2D eigenvalue weighted by atomic mass is 9.94. The van der Waals surface area contributed by atoms with Crippen molar-refractivity contribution in [3.8, 4) is 0 Å². The summed E-state index contributed by atoms with van der Waals surface area (Å²) < 4.78 is 0. The number of hydrogen-bond acceptors (Lipinski definition) is 5. The first kappa shape index (κ1) is 8.40. The fraction of sp³-hybridized carbons (Fsp3) is 1.00. The molecule has 0 radical (unpaired) electrons. The molecule has 2 aliphatic heterocycles. The highest BCUT2D eigenvalue weighted by Gasteiger charge is 2.55. The Hall–Kier alpha value is -0.200. The van der Waals surface area contributed by atoms with E-state index in [1.54, 1.807) is 0 Å². The third-order valence-corrected chi connectivity index (χ3v) is 2.85. The number of nitrogens with one attached hydrogen (secondary N) is 1. The van der Waals surface area contributed by atoms with Crippen LogP contribution in [0.4, 0.5) is 0 Å². The third-order valence-electron chi connectivity index (χ3n) is 2.85.